The van der Waals surface area contributed by atoms with Gasteiger partial charge in [0.2, 0.25) is 0 Å². The molecule has 2 aliphatic rings. The fourth-order valence-electron chi connectivity index (χ4n) is 3.88. The first-order chi connectivity index (χ1) is 12.8. The molecule has 26 heavy (non-hydrogen) atoms. The highest BCUT2D eigenvalue weighted by molar-refractivity contribution is 5.93. The average Bonchev–Trinajstić information content (AvgIpc) is 3.24. The molecule has 1 aromatic carbocycles. The van der Waals surface area contributed by atoms with Gasteiger partial charge < -0.3 is 10.2 Å². The summed E-state index contributed by atoms with van der Waals surface area (Å²) in [6.45, 7) is 1.99. The first-order valence-corrected chi connectivity index (χ1v) is 9.80. The van der Waals surface area contributed by atoms with Crippen LogP contribution in [0, 0.1) is 0 Å². The molecular weight excluding hydrogens is 324 g/mol. The maximum atomic E-state index is 12.8. The summed E-state index contributed by atoms with van der Waals surface area (Å²) in [5.74, 6) is 1.42. The number of hydrogen-bond acceptors (Lipinski definition) is 4. The van der Waals surface area contributed by atoms with Crippen molar-refractivity contribution in [2.24, 2.45) is 0 Å². The summed E-state index contributed by atoms with van der Waals surface area (Å²) >= 11 is 0. The third-order valence-electron chi connectivity index (χ3n) is 5.35. The van der Waals surface area contributed by atoms with Gasteiger partial charge in [-0.25, -0.2) is 9.97 Å². The van der Waals surface area contributed by atoms with Crippen LogP contribution in [0.4, 0.5) is 5.82 Å². The molecule has 1 N–H and O–H groups in total. The fraction of sp³-hybridized carbons (Fsp3) is 0.476. The molecule has 5 heteroatoms. The summed E-state index contributed by atoms with van der Waals surface area (Å²) < 4.78 is 0. The maximum Gasteiger partial charge on any atom is 0.270 e. The van der Waals surface area contributed by atoms with Crippen LogP contribution in [-0.2, 0) is 0 Å². The minimum absolute atomic E-state index is 0.0723. The molecule has 2 heterocycles. The van der Waals surface area contributed by atoms with Crippen molar-refractivity contribution in [2.75, 3.05) is 18.0 Å². The van der Waals surface area contributed by atoms with Crippen molar-refractivity contribution in [3.63, 3.8) is 0 Å². The van der Waals surface area contributed by atoms with Crippen molar-refractivity contribution in [3.05, 3.63) is 42.1 Å². The van der Waals surface area contributed by atoms with Gasteiger partial charge in [-0.3, -0.25) is 4.79 Å². The summed E-state index contributed by atoms with van der Waals surface area (Å²) in [5, 5.41) is 3.18. The Hall–Kier alpha value is -2.43. The Morgan fingerprint density at radius 2 is 1.69 bits per heavy atom. The molecule has 5 nitrogen and oxygen atoms in total. The molecule has 2 aromatic rings. The van der Waals surface area contributed by atoms with E-state index in [1.54, 1.807) is 0 Å². The van der Waals surface area contributed by atoms with E-state index in [0.29, 0.717) is 11.5 Å². The van der Waals surface area contributed by atoms with Crippen molar-refractivity contribution < 1.29 is 4.79 Å². The van der Waals surface area contributed by atoms with E-state index in [2.05, 4.69) is 15.2 Å². The first-order valence-electron chi connectivity index (χ1n) is 9.80. The zero-order chi connectivity index (χ0) is 17.8. The van der Waals surface area contributed by atoms with Gasteiger partial charge in [0.15, 0.2) is 5.82 Å². The predicted molar refractivity (Wildman–Crippen MR) is 103 cm³/mol. The van der Waals surface area contributed by atoms with Gasteiger partial charge in [0.25, 0.3) is 5.91 Å². The number of amides is 1. The number of carbonyl (C=O) groups excluding carboxylic acids is 1. The van der Waals surface area contributed by atoms with Crippen LogP contribution in [0.3, 0.4) is 0 Å². The minimum atomic E-state index is -0.0723. The molecule has 136 valence electrons. The number of benzene rings is 1. The zero-order valence-corrected chi connectivity index (χ0v) is 15.2. The van der Waals surface area contributed by atoms with Crippen LogP contribution in [0.1, 0.15) is 55.4 Å². The van der Waals surface area contributed by atoms with Gasteiger partial charge in [0.05, 0.1) is 0 Å². The third kappa shape index (κ3) is 3.87. The highest BCUT2D eigenvalue weighted by Crippen LogP contribution is 2.24. The molecule has 1 aliphatic carbocycles. The van der Waals surface area contributed by atoms with E-state index in [-0.39, 0.29) is 11.9 Å². The summed E-state index contributed by atoms with van der Waals surface area (Å²) in [6, 6.07) is 12.0. The highest BCUT2D eigenvalue weighted by Gasteiger charge is 2.21. The molecule has 1 saturated heterocycles. The van der Waals surface area contributed by atoms with E-state index in [1.807, 2.05) is 36.4 Å². The quantitative estimate of drug-likeness (QED) is 0.911. The molecule has 0 bridgehead atoms. The number of nitrogens with one attached hydrogen (secondary N) is 1. The molecule has 0 spiro atoms. The lowest BCUT2D eigenvalue weighted by Gasteiger charge is -2.23. The molecule has 1 aliphatic heterocycles. The smallest absolute Gasteiger partial charge is 0.270 e. The van der Waals surface area contributed by atoms with Gasteiger partial charge in [0, 0.05) is 30.8 Å². The van der Waals surface area contributed by atoms with E-state index in [4.69, 9.17) is 4.98 Å². The van der Waals surface area contributed by atoms with Crippen LogP contribution in [-0.4, -0.2) is 35.0 Å². The average molecular weight is 350 g/mol. The Kier molecular flexibility index (Phi) is 5.14. The van der Waals surface area contributed by atoms with E-state index in [9.17, 15) is 4.79 Å². The maximum absolute atomic E-state index is 12.8. The highest BCUT2D eigenvalue weighted by atomic mass is 16.1. The second kappa shape index (κ2) is 7.85. The molecule has 1 aromatic heterocycles. The predicted octanol–water partition coefficient (Wildman–Crippen LogP) is 3.81. The minimum Gasteiger partial charge on any atom is -0.356 e. The van der Waals surface area contributed by atoms with E-state index in [0.717, 1.165) is 37.3 Å². The SMILES string of the molecule is O=C(NC1CCCCC1)c1cc(N2CCCC2)nc(-c2ccccc2)n1. The standard InChI is InChI=1S/C21H26N4O/c26-21(22-17-11-5-2-6-12-17)18-15-19(25-13-7-8-14-25)24-20(23-18)16-9-3-1-4-10-16/h1,3-4,9-10,15,17H,2,5-8,11-14H2,(H,22,26). The lowest BCUT2D eigenvalue weighted by molar-refractivity contribution is 0.0922. The van der Waals surface area contributed by atoms with Crippen LogP contribution >= 0.6 is 0 Å². The largest absolute Gasteiger partial charge is 0.356 e. The van der Waals surface area contributed by atoms with E-state index in [1.165, 1.54) is 32.1 Å². The van der Waals surface area contributed by atoms with Crippen LogP contribution < -0.4 is 10.2 Å². The van der Waals surface area contributed by atoms with Crippen molar-refractivity contribution >= 4 is 11.7 Å². The fourth-order valence-corrected chi connectivity index (χ4v) is 3.88. The molecule has 0 radical (unpaired) electrons. The van der Waals surface area contributed by atoms with Crippen LogP contribution in [0.5, 0.6) is 0 Å². The molecule has 1 amide bonds. The lowest BCUT2D eigenvalue weighted by Crippen LogP contribution is -2.36. The number of aromatic nitrogens is 2. The Labute approximate surface area is 154 Å². The van der Waals surface area contributed by atoms with E-state index < -0.39 is 0 Å². The van der Waals surface area contributed by atoms with Gasteiger partial charge >= 0.3 is 0 Å². The second-order valence-corrected chi connectivity index (χ2v) is 7.30. The topological polar surface area (TPSA) is 58.1 Å². The number of carbonyl (C=O) groups is 1. The normalized spacial score (nSPS) is 18.1. The molecule has 0 atom stereocenters. The first kappa shape index (κ1) is 17.0. The Morgan fingerprint density at radius 1 is 0.962 bits per heavy atom. The van der Waals surface area contributed by atoms with Crippen molar-refractivity contribution in [3.8, 4) is 11.4 Å². The van der Waals surface area contributed by atoms with Crippen LogP contribution in [0.2, 0.25) is 0 Å². The third-order valence-corrected chi connectivity index (χ3v) is 5.35. The summed E-state index contributed by atoms with van der Waals surface area (Å²) in [4.78, 5) is 24.4. The van der Waals surface area contributed by atoms with Gasteiger partial charge in [-0.1, -0.05) is 49.6 Å². The van der Waals surface area contributed by atoms with Gasteiger partial charge in [0.1, 0.15) is 11.5 Å². The Bertz CT molecular complexity index is 750. The van der Waals surface area contributed by atoms with Gasteiger partial charge in [-0.15, -0.1) is 0 Å². The molecule has 2 fully saturated rings. The van der Waals surface area contributed by atoms with Crippen molar-refractivity contribution in [2.45, 2.75) is 51.0 Å². The second-order valence-electron chi connectivity index (χ2n) is 7.30. The van der Waals surface area contributed by atoms with Crippen LogP contribution in [0.25, 0.3) is 11.4 Å². The summed E-state index contributed by atoms with van der Waals surface area (Å²) in [7, 11) is 0. The van der Waals surface area contributed by atoms with E-state index >= 15 is 0 Å². The van der Waals surface area contributed by atoms with Crippen molar-refractivity contribution in [1.29, 1.82) is 0 Å². The molecule has 4 rings (SSSR count). The monoisotopic (exact) mass is 350 g/mol. The number of nitrogens with zero attached hydrogens (tertiary/aromatic N) is 3. The number of hydrogen-bond donors (Lipinski definition) is 1. The summed E-state index contributed by atoms with van der Waals surface area (Å²) in [5.41, 5.74) is 1.42. The number of anilines is 1. The zero-order valence-electron chi connectivity index (χ0n) is 15.2. The van der Waals surface area contributed by atoms with Crippen molar-refractivity contribution in [1.82, 2.24) is 15.3 Å². The van der Waals surface area contributed by atoms with Gasteiger partial charge in [-0.2, -0.15) is 0 Å². The lowest BCUT2D eigenvalue weighted by atomic mass is 9.95. The Balaban J connectivity index is 1.63. The van der Waals surface area contributed by atoms with Gasteiger partial charge in [-0.05, 0) is 25.7 Å². The number of rotatable bonds is 4. The Morgan fingerprint density at radius 3 is 2.42 bits per heavy atom. The molecule has 1 saturated carbocycles. The molecule has 0 unspecified atom stereocenters. The molecular formula is C21H26N4O. The van der Waals surface area contributed by atoms with Crippen LogP contribution in [0.15, 0.2) is 36.4 Å². The summed E-state index contributed by atoms with van der Waals surface area (Å²) in [6.07, 6.45) is 8.16.